The third kappa shape index (κ3) is 5.41. The average Bonchev–Trinajstić information content (AvgIpc) is 2.64. The Morgan fingerprint density at radius 1 is 1.20 bits per heavy atom. The molecular weight excluding hydrogens is 336 g/mol. The Kier molecular flexibility index (Phi) is 7.63. The van der Waals surface area contributed by atoms with Gasteiger partial charge in [0.15, 0.2) is 5.75 Å². The Hall–Kier alpha value is -2.18. The largest absolute Gasteiger partial charge is 0.462 e. The number of carbonyl (C=O) groups excluding carboxylic acids is 1. The van der Waals surface area contributed by atoms with Gasteiger partial charge in [0.1, 0.15) is 5.75 Å². The molecule has 0 aliphatic heterocycles. The van der Waals surface area contributed by atoms with Crippen molar-refractivity contribution < 1.29 is 14.3 Å². The van der Waals surface area contributed by atoms with Crippen LogP contribution < -0.4 is 15.2 Å². The van der Waals surface area contributed by atoms with Crippen LogP contribution in [0.15, 0.2) is 47.4 Å². The first-order valence-corrected chi connectivity index (χ1v) is 9.26. The van der Waals surface area contributed by atoms with Gasteiger partial charge in [-0.1, -0.05) is 31.5 Å². The van der Waals surface area contributed by atoms with Gasteiger partial charge in [0, 0.05) is 6.54 Å². The number of hydrogen-bond acceptors (Lipinski definition) is 6. The molecule has 5 nitrogen and oxygen atoms in total. The van der Waals surface area contributed by atoms with Crippen molar-refractivity contribution in [1.82, 2.24) is 0 Å². The van der Waals surface area contributed by atoms with E-state index in [1.165, 1.54) is 0 Å². The molecular formula is C19H24N2O3S. The van der Waals surface area contributed by atoms with Crippen LogP contribution in [0.1, 0.15) is 37.0 Å². The maximum Gasteiger partial charge on any atom is 0.338 e. The number of rotatable bonds is 9. The van der Waals surface area contributed by atoms with Crippen LogP contribution in [0.5, 0.6) is 11.5 Å². The van der Waals surface area contributed by atoms with Gasteiger partial charge >= 0.3 is 5.97 Å². The van der Waals surface area contributed by atoms with Crippen LogP contribution in [0, 0.1) is 0 Å². The van der Waals surface area contributed by atoms with E-state index in [9.17, 15) is 4.79 Å². The minimum Gasteiger partial charge on any atom is -0.462 e. The minimum absolute atomic E-state index is 0.324. The molecule has 3 N–H and O–H groups in total. The SMILES string of the molecule is CCCCNc1cc(C(=O)OCC)cc(SN)c1Oc1ccccc1. The second kappa shape index (κ2) is 9.96. The van der Waals surface area contributed by atoms with Crippen molar-refractivity contribution in [3.8, 4) is 11.5 Å². The lowest BCUT2D eigenvalue weighted by molar-refractivity contribution is 0.0526. The van der Waals surface area contributed by atoms with Crippen molar-refractivity contribution in [2.45, 2.75) is 31.6 Å². The molecule has 25 heavy (non-hydrogen) atoms. The van der Waals surface area contributed by atoms with Crippen molar-refractivity contribution in [1.29, 1.82) is 0 Å². The maximum absolute atomic E-state index is 12.1. The molecule has 0 aliphatic carbocycles. The number of esters is 1. The summed E-state index contributed by atoms with van der Waals surface area (Å²) in [4.78, 5) is 12.8. The summed E-state index contributed by atoms with van der Waals surface area (Å²) < 4.78 is 11.2. The van der Waals surface area contributed by atoms with Gasteiger partial charge in [-0.15, -0.1) is 0 Å². The summed E-state index contributed by atoms with van der Waals surface area (Å²) in [6.45, 7) is 5.01. The van der Waals surface area contributed by atoms with E-state index < -0.39 is 0 Å². The van der Waals surface area contributed by atoms with E-state index in [0.29, 0.717) is 28.6 Å². The minimum atomic E-state index is -0.373. The van der Waals surface area contributed by atoms with Gasteiger partial charge < -0.3 is 14.8 Å². The fourth-order valence-electron chi connectivity index (χ4n) is 2.26. The summed E-state index contributed by atoms with van der Waals surface area (Å²) in [5, 5.41) is 9.17. The van der Waals surface area contributed by atoms with Crippen molar-refractivity contribution in [3.63, 3.8) is 0 Å². The van der Waals surface area contributed by atoms with Crippen LogP contribution in [0.3, 0.4) is 0 Å². The van der Waals surface area contributed by atoms with Crippen molar-refractivity contribution in [2.75, 3.05) is 18.5 Å². The lowest BCUT2D eigenvalue weighted by Gasteiger charge is -2.17. The van der Waals surface area contributed by atoms with Crippen LogP contribution in [-0.2, 0) is 4.74 Å². The molecule has 2 aromatic rings. The number of anilines is 1. The lowest BCUT2D eigenvalue weighted by atomic mass is 10.1. The molecule has 0 saturated heterocycles. The predicted molar refractivity (Wildman–Crippen MR) is 102 cm³/mol. The van der Waals surface area contributed by atoms with Gasteiger partial charge in [0.2, 0.25) is 0 Å². The van der Waals surface area contributed by atoms with E-state index >= 15 is 0 Å². The number of ether oxygens (including phenoxy) is 2. The highest BCUT2D eigenvalue weighted by atomic mass is 32.2. The van der Waals surface area contributed by atoms with Gasteiger partial charge in [0.05, 0.1) is 22.8 Å². The van der Waals surface area contributed by atoms with E-state index in [4.69, 9.17) is 14.6 Å². The number of nitrogens with two attached hydrogens (primary N) is 1. The number of benzene rings is 2. The Morgan fingerprint density at radius 3 is 2.60 bits per heavy atom. The van der Waals surface area contributed by atoms with Gasteiger partial charge in [0.25, 0.3) is 0 Å². The Balaban J connectivity index is 2.40. The van der Waals surface area contributed by atoms with Gasteiger partial charge in [-0.05, 0) is 49.6 Å². The molecule has 0 fully saturated rings. The molecule has 6 heteroatoms. The molecule has 0 aliphatic rings. The number of unbranched alkanes of at least 4 members (excludes halogenated alkanes) is 1. The molecule has 0 unspecified atom stereocenters. The first-order valence-electron chi connectivity index (χ1n) is 8.38. The molecule has 0 saturated carbocycles. The third-order valence-corrected chi connectivity index (χ3v) is 4.06. The Labute approximate surface area is 153 Å². The molecule has 2 aromatic carbocycles. The number of hydrogen-bond donors (Lipinski definition) is 2. The monoisotopic (exact) mass is 360 g/mol. The molecule has 0 spiro atoms. The quantitative estimate of drug-likeness (QED) is 0.379. The van der Waals surface area contributed by atoms with Crippen LogP contribution in [0.2, 0.25) is 0 Å². The third-order valence-electron chi connectivity index (χ3n) is 3.50. The molecule has 0 atom stereocenters. The highest BCUT2D eigenvalue weighted by Crippen LogP contribution is 2.39. The van der Waals surface area contributed by atoms with Crippen molar-refractivity contribution in [2.24, 2.45) is 5.14 Å². The topological polar surface area (TPSA) is 73.6 Å². The Morgan fingerprint density at radius 2 is 1.96 bits per heavy atom. The summed E-state index contributed by atoms with van der Waals surface area (Å²) in [5.41, 5.74) is 1.19. The van der Waals surface area contributed by atoms with Crippen molar-refractivity contribution in [3.05, 3.63) is 48.0 Å². The first kappa shape index (κ1) is 19.1. The van der Waals surface area contributed by atoms with Crippen LogP contribution >= 0.6 is 11.9 Å². The molecule has 0 aromatic heterocycles. The molecule has 0 heterocycles. The van der Waals surface area contributed by atoms with E-state index in [1.54, 1.807) is 19.1 Å². The molecule has 134 valence electrons. The molecule has 2 rings (SSSR count). The van der Waals surface area contributed by atoms with Gasteiger partial charge in [-0.25, -0.2) is 4.79 Å². The predicted octanol–water partition coefficient (Wildman–Crippen LogP) is 4.83. The van der Waals surface area contributed by atoms with Crippen LogP contribution in [-0.4, -0.2) is 19.1 Å². The van der Waals surface area contributed by atoms with E-state index in [0.717, 1.165) is 37.0 Å². The summed E-state index contributed by atoms with van der Waals surface area (Å²) >= 11 is 1.04. The smallest absolute Gasteiger partial charge is 0.338 e. The zero-order chi connectivity index (χ0) is 18.1. The lowest BCUT2D eigenvalue weighted by Crippen LogP contribution is -2.09. The summed E-state index contributed by atoms with van der Waals surface area (Å²) in [5.74, 6) is 0.950. The van der Waals surface area contributed by atoms with Crippen LogP contribution in [0.4, 0.5) is 5.69 Å². The summed E-state index contributed by atoms with van der Waals surface area (Å²) in [6.07, 6.45) is 2.08. The number of carbonyl (C=O) groups is 1. The van der Waals surface area contributed by atoms with E-state index in [-0.39, 0.29) is 5.97 Å². The first-order chi connectivity index (χ1) is 12.2. The fourth-order valence-corrected chi connectivity index (χ4v) is 2.72. The van der Waals surface area contributed by atoms with Crippen LogP contribution in [0.25, 0.3) is 0 Å². The van der Waals surface area contributed by atoms with E-state index in [1.807, 2.05) is 30.3 Å². The van der Waals surface area contributed by atoms with Gasteiger partial charge in [-0.3, -0.25) is 5.14 Å². The molecule has 0 amide bonds. The zero-order valence-corrected chi connectivity index (χ0v) is 15.4. The van der Waals surface area contributed by atoms with E-state index in [2.05, 4.69) is 12.2 Å². The average molecular weight is 360 g/mol. The standard InChI is InChI=1S/C19H24N2O3S/c1-3-5-11-21-16-12-14(19(22)23-4-2)13-17(25-20)18(16)24-15-9-7-6-8-10-15/h6-10,12-13,21H,3-5,11,20H2,1-2H3. The summed E-state index contributed by atoms with van der Waals surface area (Å²) in [6, 6.07) is 12.9. The summed E-state index contributed by atoms with van der Waals surface area (Å²) in [7, 11) is 0. The van der Waals surface area contributed by atoms with Gasteiger partial charge in [-0.2, -0.15) is 0 Å². The zero-order valence-electron chi connectivity index (χ0n) is 14.6. The molecule has 0 radical (unpaired) electrons. The second-order valence-corrected chi connectivity index (χ2v) is 6.06. The Bertz CT molecular complexity index is 693. The number of para-hydroxylation sites is 1. The fraction of sp³-hybridized carbons (Fsp3) is 0.316. The molecule has 0 bridgehead atoms. The maximum atomic E-state index is 12.1. The highest BCUT2D eigenvalue weighted by molar-refractivity contribution is 7.97. The second-order valence-electron chi connectivity index (χ2n) is 5.38. The normalized spacial score (nSPS) is 10.4. The number of nitrogens with one attached hydrogen (secondary N) is 1. The van der Waals surface area contributed by atoms with Crippen molar-refractivity contribution >= 4 is 23.6 Å². The highest BCUT2D eigenvalue weighted by Gasteiger charge is 2.17.